The first kappa shape index (κ1) is 11.7. The highest BCUT2D eigenvalue weighted by molar-refractivity contribution is 5.08. The predicted octanol–water partition coefficient (Wildman–Crippen LogP) is 0.114. The van der Waals surface area contributed by atoms with Crippen molar-refractivity contribution in [2.75, 3.05) is 0 Å². The summed E-state index contributed by atoms with van der Waals surface area (Å²) in [6.45, 7) is 2.02. The average Bonchev–Trinajstić information content (AvgIpc) is 2.00. The normalized spacial score (nSPS) is 29.1. The maximum absolute atomic E-state index is 9.58. The lowest BCUT2D eigenvalue weighted by atomic mass is 9.83. The van der Waals surface area contributed by atoms with Crippen molar-refractivity contribution in [3.63, 3.8) is 0 Å². The van der Waals surface area contributed by atoms with Crippen LogP contribution in [0.2, 0.25) is 0 Å². The zero-order valence-corrected chi connectivity index (χ0v) is 8.35. The molecule has 0 aliphatic heterocycles. The maximum atomic E-state index is 9.58. The van der Waals surface area contributed by atoms with Crippen LogP contribution in [0.1, 0.15) is 32.6 Å². The van der Waals surface area contributed by atoms with E-state index >= 15 is 0 Å². The lowest BCUT2D eigenvalue weighted by molar-refractivity contribution is -0.261. The molecule has 0 aromatic heterocycles. The summed E-state index contributed by atoms with van der Waals surface area (Å²) in [6.07, 6.45) is 4.75. The summed E-state index contributed by atoms with van der Waals surface area (Å²) in [7, 11) is 0. The molecule has 82 valence electrons. The summed E-state index contributed by atoms with van der Waals surface area (Å²) < 4.78 is 0. The predicted molar refractivity (Wildman–Crippen MR) is 51.1 cm³/mol. The minimum atomic E-state index is -2.09. The second-order valence-corrected chi connectivity index (χ2v) is 4.04. The molecule has 4 nitrogen and oxygen atoms in total. The molecular weight excluding hydrogens is 184 g/mol. The zero-order chi connectivity index (χ0) is 10.8. The highest BCUT2D eigenvalue weighted by Crippen LogP contribution is 2.34. The lowest BCUT2D eigenvalue weighted by Crippen LogP contribution is -2.48. The third-order valence-corrected chi connectivity index (χ3v) is 2.58. The van der Waals surface area contributed by atoms with Crippen molar-refractivity contribution in [2.24, 2.45) is 5.92 Å². The molecule has 14 heavy (non-hydrogen) atoms. The van der Waals surface area contributed by atoms with E-state index in [2.05, 4.69) is 0 Å². The van der Waals surface area contributed by atoms with Crippen LogP contribution in [-0.2, 0) is 0 Å². The first-order chi connectivity index (χ1) is 6.37. The SMILES string of the molecule is CCCCC1C=CC(O)(O)CC1(O)O. The highest BCUT2D eigenvalue weighted by Gasteiger charge is 2.43. The van der Waals surface area contributed by atoms with Crippen molar-refractivity contribution in [1.82, 2.24) is 0 Å². The second-order valence-electron chi connectivity index (χ2n) is 4.04. The van der Waals surface area contributed by atoms with Crippen molar-refractivity contribution in [2.45, 2.75) is 44.2 Å². The molecule has 0 fully saturated rings. The number of unbranched alkanes of at least 4 members (excludes halogenated alkanes) is 1. The summed E-state index contributed by atoms with van der Waals surface area (Å²) in [5.74, 6) is -4.51. The summed E-state index contributed by atoms with van der Waals surface area (Å²) in [5.41, 5.74) is 0. The fraction of sp³-hybridized carbons (Fsp3) is 0.800. The molecule has 0 saturated heterocycles. The molecule has 1 aliphatic rings. The van der Waals surface area contributed by atoms with E-state index in [4.69, 9.17) is 0 Å². The Morgan fingerprint density at radius 1 is 1.29 bits per heavy atom. The van der Waals surface area contributed by atoms with Gasteiger partial charge in [0.05, 0.1) is 6.42 Å². The van der Waals surface area contributed by atoms with Gasteiger partial charge in [-0.1, -0.05) is 25.8 Å². The molecule has 0 radical (unpaired) electrons. The molecule has 0 aromatic carbocycles. The quantitative estimate of drug-likeness (QED) is 0.387. The number of hydrogen-bond acceptors (Lipinski definition) is 4. The van der Waals surface area contributed by atoms with Crippen LogP contribution in [0.5, 0.6) is 0 Å². The molecule has 1 unspecified atom stereocenters. The van der Waals surface area contributed by atoms with Gasteiger partial charge in [-0.15, -0.1) is 0 Å². The molecule has 1 rings (SSSR count). The highest BCUT2D eigenvalue weighted by atomic mass is 16.5. The standard InChI is InChI=1S/C10H18O4/c1-2-3-4-8-5-6-9(11,12)7-10(8,13)14/h5-6,8,11-14H,2-4,7H2,1H3. The maximum Gasteiger partial charge on any atom is 0.187 e. The van der Waals surface area contributed by atoms with Crippen LogP contribution in [0.4, 0.5) is 0 Å². The summed E-state index contributed by atoms with van der Waals surface area (Å²) in [4.78, 5) is 0. The Hall–Kier alpha value is -0.420. The van der Waals surface area contributed by atoms with E-state index in [1.165, 1.54) is 12.2 Å². The van der Waals surface area contributed by atoms with E-state index in [-0.39, 0.29) is 0 Å². The Bertz CT molecular complexity index is 220. The molecule has 0 amide bonds. The van der Waals surface area contributed by atoms with E-state index in [9.17, 15) is 20.4 Å². The molecular formula is C10H18O4. The molecule has 0 saturated carbocycles. The van der Waals surface area contributed by atoms with Crippen LogP contribution in [0, 0.1) is 5.92 Å². The van der Waals surface area contributed by atoms with Gasteiger partial charge in [0, 0.05) is 5.92 Å². The van der Waals surface area contributed by atoms with Crippen molar-refractivity contribution >= 4 is 0 Å². The van der Waals surface area contributed by atoms with Gasteiger partial charge >= 0.3 is 0 Å². The largest absolute Gasteiger partial charge is 0.365 e. The Balaban J connectivity index is 2.68. The molecule has 0 aromatic rings. The Morgan fingerprint density at radius 3 is 2.43 bits per heavy atom. The van der Waals surface area contributed by atoms with Gasteiger partial charge in [-0.05, 0) is 12.5 Å². The van der Waals surface area contributed by atoms with Gasteiger partial charge < -0.3 is 20.4 Å². The van der Waals surface area contributed by atoms with Crippen molar-refractivity contribution in [3.8, 4) is 0 Å². The fourth-order valence-corrected chi connectivity index (χ4v) is 1.75. The third kappa shape index (κ3) is 2.78. The third-order valence-electron chi connectivity index (χ3n) is 2.58. The fourth-order valence-electron chi connectivity index (χ4n) is 1.75. The number of aliphatic hydroxyl groups is 4. The first-order valence-electron chi connectivity index (χ1n) is 4.96. The molecule has 4 heteroatoms. The van der Waals surface area contributed by atoms with E-state index in [0.717, 1.165) is 12.8 Å². The molecule has 0 bridgehead atoms. The summed E-state index contributed by atoms with van der Waals surface area (Å²) in [5, 5.41) is 37.6. The number of rotatable bonds is 3. The van der Waals surface area contributed by atoms with Gasteiger partial charge in [0.1, 0.15) is 0 Å². The minimum absolute atomic E-state index is 0.408. The van der Waals surface area contributed by atoms with Crippen molar-refractivity contribution in [3.05, 3.63) is 12.2 Å². The number of hydrogen-bond donors (Lipinski definition) is 4. The van der Waals surface area contributed by atoms with Crippen LogP contribution in [0.25, 0.3) is 0 Å². The first-order valence-corrected chi connectivity index (χ1v) is 4.96. The van der Waals surface area contributed by atoms with Crippen molar-refractivity contribution < 1.29 is 20.4 Å². The van der Waals surface area contributed by atoms with Gasteiger partial charge in [0.2, 0.25) is 0 Å². The van der Waals surface area contributed by atoms with Crippen LogP contribution in [-0.4, -0.2) is 32.0 Å². The van der Waals surface area contributed by atoms with E-state index in [0.29, 0.717) is 6.42 Å². The molecule has 0 heterocycles. The molecule has 1 atom stereocenters. The average molecular weight is 202 g/mol. The van der Waals surface area contributed by atoms with Gasteiger partial charge in [-0.2, -0.15) is 0 Å². The van der Waals surface area contributed by atoms with E-state index < -0.39 is 23.9 Å². The molecule has 4 N–H and O–H groups in total. The minimum Gasteiger partial charge on any atom is -0.365 e. The van der Waals surface area contributed by atoms with Gasteiger partial charge in [-0.25, -0.2) is 0 Å². The van der Waals surface area contributed by atoms with E-state index in [1.807, 2.05) is 6.92 Å². The Kier molecular flexibility index (Phi) is 3.32. The zero-order valence-electron chi connectivity index (χ0n) is 8.35. The van der Waals surface area contributed by atoms with Crippen LogP contribution in [0.3, 0.4) is 0 Å². The van der Waals surface area contributed by atoms with Crippen LogP contribution >= 0.6 is 0 Å². The van der Waals surface area contributed by atoms with Crippen molar-refractivity contribution in [1.29, 1.82) is 0 Å². The monoisotopic (exact) mass is 202 g/mol. The Morgan fingerprint density at radius 2 is 1.93 bits per heavy atom. The van der Waals surface area contributed by atoms with Gasteiger partial charge in [-0.3, -0.25) is 0 Å². The van der Waals surface area contributed by atoms with Crippen LogP contribution < -0.4 is 0 Å². The Labute approximate surface area is 83.5 Å². The lowest BCUT2D eigenvalue weighted by Gasteiger charge is -2.37. The second kappa shape index (κ2) is 3.98. The summed E-state index contributed by atoms with van der Waals surface area (Å²) in [6, 6.07) is 0. The summed E-state index contributed by atoms with van der Waals surface area (Å²) >= 11 is 0. The molecule has 1 aliphatic carbocycles. The van der Waals surface area contributed by atoms with Gasteiger partial charge in [0.25, 0.3) is 0 Å². The van der Waals surface area contributed by atoms with Gasteiger partial charge in [0.15, 0.2) is 11.6 Å². The topological polar surface area (TPSA) is 80.9 Å². The van der Waals surface area contributed by atoms with E-state index in [1.54, 1.807) is 0 Å². The molecule has 0 spiro atoms. The van der Waals surface area contributed by atoms with Crippen LogP contribution in [0.15, 0.2) is 12.2 Å². The smallest absolute Gasteiger partial charge is 0.187 e.